The monoisotopic (exact) mass is 784 g/mol. The van der Waals surface area contributed by atoms with Crippen LogP contribution in [0.5, 0.6) is 11.5 Å². The molecule has 0 spiro atoms. The topological polar surface area (TPSA) is 137 Å². The average molecular weight is 785 g/mol. The lowest BCUT2D eigenvalue weighted by Crippen LogP contribution is -2.47. The highest BCUT2D eigenvalue weighted by Crippen LogP contribution is 2.56. The third-order valence-corrected chi connectivity index (χ3v) is 12.1. The first-order chi connectivity index (χ1) is 26.9. The number of H-pyrrole nitrogens is 1. The summed E-state index contributed by atoms with van der Waals surface area (Å²) < 4.78 is 42.5. The maximum Gasteiger partial charge on any atom is 0.330 e. The smallest absolute Gasteiger partial charge is 0.330 e. The van der Waals surface area contributed by atoms with E-state index in [1.54, 1.807) is 27.2 Å². The number of aromatic amines is 1. The van der Waals surface area contributed by atoms with Crippen molar-refractivity contribution in [1.29, 1.82) is 5.26 Å². The first-order valence-electron chi connectivity index (χ1n) is 18.8. The van der Waals surface area contributed by atoms with Crippen LogP contribution < -0.4 is 20.7 Å². The van der Waals surface area contributed by atoms with E-state index in [9.17, 15) is 14.9 Å². The molecular weight excluding hydrogens is 731 g/mol. The normalized spacial score (nSPS) is 18.9. The molecule has 1 fully saturated rings. The zero-order chi connectivity index (χ0) is 40.5. The summed E-state index contributed by atoms with van der Waals surface area (Å²) >= 11 is 0. The number of nitriles is 1. The number of nitrogens with zero attached hydrogens (tertiary/aromatic N) is 3. The second-order valence-corrected chi connectivity index (χ2v) is 15.7. The molecule has 4 aromatic rings. The second kappa shape index (κ2) is 19.0. The van der Waals surface area contributed by atoms with Gasteiger partial charge in [-0.3, -0.25) is 14.3 Å². The van der Waals surface area contributed by atoms with Gasteiger partial charge in [-0.15, -0.1) is 6.58 Å². The molecule has 1 aromatic heterocycles. The van der Waals surface area contributed by atoms with Crippen LogP contribution in [-0.2, 0) is 24.1 Å². The van der Waals surface area contributed by atoms with Gasteiger partial charge >= 0.3 is 5.69 Å². The molecule has 0 radical (unpaired) electrons. The van der Waals surface area contributed by atoms with Crippen molar-refractivity contribution in [3.8, 4) is 17.6 Å². The van der Waals surface area contributed by atoms with Crippen molar-refractivity contribution in [2.45, 2.75) is 89.5 Å². The van der Waals surface area contributed by atoms with Crippen LogP contribution in [-0.4, -0.2) is 65.4 Å². The minimum Gasteiger partial charge on any atom is -0.497 e. The van der Waals surface area contributed by atoms with Crippen LogP contribution in [0.1, 0.15) is 75.4 Å². The molecule has 2 heterocycles. The molecule has 0 saturated carbocycles. The van der Waals surface area contributed by atoms with Gasteiger partial charge in [-0.05, 0) is 82.0 Å². The molecule has 1 N–H and O–H groups in total. The number of hydrogen-bond acceptors (Lipinski definition) is 10. The number of aryl methyl sites for hydroxylation is 1. The summed E-state index contributed by atoms with van der Waals surface area (Å²) in [5.41, 5.74) is -0.504. The van der Waals surface area contributed by atoms with Gasteiger partial charge < -0.3 is 28.0 Å². The lowest BCUT2D eigenvalue weighted by molar-refractivity contribution is -0.115. The number of ether oxygens (including phenoxy) is 4. The van der Waals surface area contributed by atoms with Gasteiger partial charge in [-0.25, -0.2) is 9.46 Å². The average Bonchev–Trinajstić information content (AvgIpc) is 3.54. The first kappa shape index (κ1) is 42.5. The Morgan fingerprint density at radius 1 is 0.982 bits per heavy atom. The van der Waals surface area contributed by atoms with Gasteiger partial charge in [0, 0.05) is 30.3 Å². The molecule has 1 saturated heterocycles. The summed E-state index contributed by atoms with van der Waals surface area (Å²) in [5, 5.41) is 9.41. The van der Waals surface area contributed by atoms with E-state index in [0.717, 1.165) is 16.7 Å². The zero-order valence-electron chi connectivity index (χ0n) is 33.3. The molecular formula is C43H53N4O8P. The molecule has 13 heteroatoms. The maximum atomic E-state index is 13.4. The molecule has 1 unspecified atom stereocenters. The number of aromatic nitrogens is 2. The minimum absolute atomic E-state index is 0.0148. The largest absolute Gasteiger partial charge is 0.497 e. The van der Waals surface area contributed by atoms with Gasteiger partial charge in [-0.1, -0.05) is 60.7 Å². The maximum absolute atomic E-state index is 13.4. The third-order valence-electron chi connectivity index (χ3n) is 9.92. The Hall–Kier alpha value is -4.60. The van der Waals surface area contributed by atoms with Crippen LogP contribution in [0.3, 0.4) is 0 Å². The van der Waals surface area contributed by atoms with E-state index < -0.39 is 43.3 Å². The predicted octanol–water partition coefficient (Wildman–Crippen LogP) is 7.77. The molecule has 3 aromatic carbocycles. The van der Waals surface area contributed by atoms with Crippen LogP contribution in [0.4, 0.5) is 0 Å². The number of methoxy groups -OCH3 is 2. The Labute approximate surface area is 330 Å². The lowest BCUT2D eigenvalue weighted by atomic mass is 9.79. The van der Waals surface area contributed by atoms with Gasteiger partial charge in [-0.2, -0.15) is 5.26 Å². The molecule has 1 aliphatic heterocycles. The highest BCUT2D eigenvalue weighted by atomic mass is 31.2. The van der Waals surface area contributed by atoms with Crippen molar-refractivity contribution in [2.75, 3.05) is 27.4 Å². The molecule has 1 aliphatic rings. The summed E-state index contributed by atoms with van der Waals surface area (Å²) in [6, 6.07) is 27.7. The van der Waals surface area contributed by atoms with Crippen LogP contribution in [0.2, 0.25) is 0 Å². The summed E-state index contributed by atoms with van der Waals surface area (Å²) in [6.45, 7) is 14.2. The van der Waals surface area contributed by atoms with E-state index in [-0.39, 0.29) is 38.1 Å². The summed E-state index contributed by atoms with van der Waals surface area (Å²) in [7, 11) is 1.48. The van der Waals surface area contributed by atoms with Crippen molar-refractivity contribution in [2.24, 2.45) is 0 Å². The Balaban J connectivity index is 1.69. The number of nitrogens with one attached hydrogen (secondary N) is 1. The SMILES string of the molecule is C=CC[C@]1(OP(OCCC#N)N(C(C)C)C(C)C)C[C@H](n2cc(C)c(=O)[nH]c2=O)O[C@@H]1COC(c1ccccc1)(c1ccc(OC)cc1)c1ccc(OC)cc1. The fourth-order valence-electron chi connectivity index (χ4n) is 7.25. The molecule has 0 bridgehead atoms. The lowest BCUT2D eigenvalue weighted by Gasteiger charge is -2.43. The number of hydrogen-bond donors (Lipinski definition) is 1. The van der Waals surface area contributed by atoms with Crippen LogP contribution in [0, 0.1) is 18.3 Å². The van der Waals surface area contributed by atoms with Gasteiger partial charge in [0.1, 0.15) is 35.0 Å². The Morgan fingerprint density at radius 3 is 2.07 bits per heavy atom. The van der Waals surface area contributed by atoms with E-state index in [1.807, 2.05) is 78.9 Å². The second-order valence-electron chi connectivity index (χ2n) is 14.3. The molecule has 298 valence electrons. The highest BCUT2D eigenvalue weighted by molar-refractivity contribution is 7.44. The van der Waals surface area contributed by atoms with E-state index in [2.05, 4.69) is 50.0 Å². The van der Waals surface area contributed by atoms with E-state index in [0.29, 0.717) is 23.5 Å². The fraction of sp³-hybridized carbons (Fsp3) is 0.419. The van der Waals surface area contributed by atoms with Crippen LogP contribution in [0.25, 0.3) is 0 Å². The van der Waals surface area contributed by atoms with Crippen LogP contribution >= 0.6 is 8.53 Å². The predicted molar refractivity (Wildman–Crippen MR) is 217 cm³/mol. The van der Waals surface area contributed by atoms with Crippen molar-refractivity contribution in [3.05, 3.63) is 141 Å². The Kier molecular flexibility index (Phi) is 14.5. The molecule has 12 nitrogen and oxygen atoms in total. The molecule has 4 atom stereocenters. The van der Waals surface area contributed by atoms with Crippen molar-refractivity contribution in [1.82, 2.24) is 14.2 Å². The summed E-state index contributed by atoms with van der Waals surface area (Å²) in [4.78, 5) is 28.2. The minimum atomic E-state index is -1.78. The molecule has 5 rings (SSSR count). The Bertz CT molecular complexity index is 1990. The standard InChI is InChI=1S/C43H53N4O8P/c1-9-24-42(55-56(53-26-13-25-44)47(30(2)3)31(4)5)27-39(46-28-32(6)40(48)45-41(46)49)54-38(42)29-52-43(33-14-11-10-12-15-33,34-16-20-36(50-7)21-17-34)35-18-22-37(51-8)23-19-35/h9-12,14-23,28,30-31,38-39H,1,13,24,26-27,29H2,2-8H3,(H,45,48,49)/t38-,39-,42+,56?/m1/s1. The van der Waals surface area contributed by atoms with Gasteiger partial charge in [0.05, 0.1) is 39.9 Å². The van der Waals surface area contributed by atoms with Crippen LogP contribution in [0.15, 0.2) is 107 Å². The summed E-state index contributed by atoms with van der Waals surface area (Å²) in [6.07, 6.45) is 2.33. The van der Waals surface area contributed by atoms with Crippen molar-refractivity contribution >= 4 is 8.53 Å². The van der Waals surface area contributed by atoms with Gasteiger partial charge in [0.2, 0.25) is 0 Å². The molecule has 0 aliphatic carbocycles. The molecule has 56 heavy (non-hydrogen) atoms. The zero-order valence-corrected chi connectivity index (χ0v) is 34.2. The fourth-order valence-corrected chi connectivity index (χ4v) is 9.11. The van der Waals surface area contributed by atoms with E-state index in [4.69, 9.17) is 28.0 Å². The van der Waals surface area contributed by atoms with Gasteiger partial charge in [0.25, 0.3) is 14.1 Å². The van der Waals surface area contributed by atoms with E-state index >= 15 is 0 Å². The number of rotatable bonds is 19. The van der Waals surface area contributed by atoms with Gasteiger partial charge in [0.15, 0.2) is 0 Å². The summed E-state index contributed by atoms with van der Waals surface area (Å²) in [5.74, 6) is 1.38. The number of benzene rings is 3. The van der Waals surface area contributed by atoms with Crippen molar-refractivity contribution in [3.63, 3.8) is 0 Å². The van der Waals surface area contributed by atoms with Crippen molar-refractivity contribution < 1.29 is 28.0 Å². The van der Waals surface area contributed by atoms with E-state index in [1.165, 1.54) is 10.8 Å². The highest BCUT2D eigenvalue weighted by Gasteiger charge is 2.54. The molecule has 0 amide bonds. The Morgan fingerprint density at radius 2 is 1.55 bits per heavy atom. The first-order valence-corrected chi connectivity index (χ1v) is 19.9. The third kappa shape index (κ3) is 9.16. The quantitative estimate of drug-likeness (QED) is 0.0435.